The van der Waals surface area contributed by atoms with Crippen molar-refractivity contribution in [3.63, 3.8) is 0 Å². The first-order chi connectivity index (χ1) is 24.6. The van der Waals surface area contributed by atoms with Crippen LogP contribution in [0.5, 0.6) is 0 Å². The maximum Gasteiger partial charge on any atom is 0.264 e. The number of nitrogens with zero attached hydrogens (tertiary/aromatic N) is 6. The summed E-state index contributed by atoms with van der Waals surface area (Å²) in [7, 11) is -3.92. The molecule has 0 unspecified atom stereocenters. The zero-order valence-corrected chi connectivity index (χ0v) is 31.3. The van der Waals surface area contributed by atoms with Gasteiger partial charge in [-0.05, 0) is 68.2 Å². The van der Waals surface area contributed by atoms with Crippen LogP contribution in [0.3, 0.4) is 0 Å². The van der Waals surface area contributed by atoms with E-state index in [0.29, 0.717) is 112 Å². The molecule has 276 valence electrons. The average molecular weight is 741 g/mol. The van der Waals surface area contributed by atoms with Gasteiger partial charge in [-0.15, -0.1) is 21.6 Å². The van der Waals surface area contributed by atoms with Crippen molar-refractivity contribution in [3.8, 4) is 12.1 Å². The third-order valence-corrected chi connectivity index (χ3v) is 9.73. The van der Waals surface area contributed by atoms with Gasteiger partial charge in [0.25, 0.3) is 10.1 Å². The number of thiophene rings is 1. The summed E-state index contributed by atoms with van der Waals surface area (Å²) < 4.78 is 53.3. The second kappa shape index (κ2) is 22.9. The predicted molar refractivity (Wildman–Crippen MR) is 198 cm³/mol. The summed E-state index contributed by atoms with van der Waals surface area (Å²) in [6.07, 6.45) is 0.383. The molecule has 15 heteroatoms. The van der Waals surface area contributed by atoms with Crippen molar-refractivity contribution >= 4 is 37.8 Å². The number of azo groups is 1. The number of rotatable bonds is 25. The number of hydrogen-bond acceptors (Lipinski definition) is 13. The lowest BCUT2D eigenvalue weighted by atomic mass is 10.1. The van der Waals surface area contributed by atoms with Crippen LogP contribution in [0, 0.1) is 36.5 Å². The molecule has 1 N–H and O–H groups in total. The van der Waals surface area contributed by atoms with Crippen LogP contribution in [0.15, 0.2) is 58.8 Å². The quantitative estimate of drug-likeness (QED) is 0.0596. The molecule has 0 radical (unpaired) electrons. The van der Waals surface area contributed by atoms with Gasteiger partial charge in [0.15, 0.2) is 5.00 Å². The van der Waals surface area contributed by atoms with Crippen LogP contribution in [0.1, 0.15) is 40.5 Å². The van der Waals surface area contributed by atoms with Crippen molar-refractivity contribution in [2.75, 3.05) is 89.7 Å². The highest BCUT2D eigenvalue weighted by Crippen LogP contribution is 2.36. The van der Waals surface area contributed by atoms with Gasteiger partial charge in [0.2, 0.25) is 0 Å². The molecule has 0 amide bonds. The minimum atomic E-state index is -3.92. The summed E-state index contributed by atoms with van der Waals surface area (Å²) in [6, 6.07) is 20.5. The highest BCUT2D eigenvalue weighted by Gasteiger charge is 2.15. The Balaban J connectivity index is 1.36. The largest absolute Gasteiger partial charge is 0.378 e. The summed E-state index contributed by atoms with van der Waals surface area (Å²) in [5, 5.41) is 28.0. The predicted octanol–water partition coefficient (Wildman–Crippen LogP) is 6.20. The number of ether oxygens (including phenoxy) is 4. The highest BCUT2D eigenvalue weighted by molar-refractivity contribution is 7.85. The molecule has 2 aromatic carbocycles. The number of hydrogen-bond donors (Lipinski definition) is 1. The molecule has 3 aromatic rings. The van der Waals surface area contributed by atoms with E-state index >= 15 is 0 Å². The highest BCUT2D eigenvalue weighted by atomic mass is 32.2. The third-order valence-electron chi connectivity index (χ3n) is 7.85. The molecule has 0 aliphatic rings. The van der Waals surface area contributed by atoms with E-state index in [1.165, 1.54) is 16.9 Å². The van der Waals surface area contributed by atoms with Gasteiger partial charge in [0, 0.05) is 25.3 Å². The first-order valence-corrected chi connectivity index (χ1v) is 19.3. The van der Waals surface area contributed by atoms with Crippen LogP contribution in [-0.2, 0) is 35.6 Å². The van der Waals surface area contributed by atoms with Crippen molar-refractivity contribution in [1.29, 1.82) is 10.5 Å². The van der Waals surface area contributed by atoms with E-state index < -0.39 is 10.1 Å². The van der Waals surface area contributed by atoms with Gasteiger partial charge in [-0.25, -0.2) is 0 Å². The summed E-state index contributed by atoms with van der Waals surface area (Å²) in [5.74, 6) is -0.234. The zero-order valence-electron chi connectivity index (χ0n) is 29.6. The minimum absolute atomic E-state index is 0.234. The standard InChI is InChI=1S/C36H48N6O7S2/c1-4-41(13-8-24-51(43,44)45)14-16-46-18-20-48-22-23-49-21-19-47-17-15-42(28-31-9-6-5-7-10-31)32-11-12-34(29(2)25-32)39-40-36-33(26-37)30(3)35(27-38)50-36/h5-7,9-12,25H,4,8,13-24,28H2,1-3H3,(H,43,44,45)/b40-39+. The molecule has 0 atom stereocenters. The Bertz CT molecular complexity index is 1700. The monoisotopic (exact) mass is 740 g/mol. The lowest BCUT2D eigenvalue weighted by molar-refractivity contribution is -0.00312. The Morgan fingerprint density at radius 2 is 1.45 bits per heavy atom. The fourth-order valence-electron chi connectivity index (χ4n) is 4.99. The van der Waals surface area contributed by atoms with Gasteiger partial charge >= 0.3 is 0 Å². The van der Waals surface area contributed by atoms with E-state index in [1.54, 1.807) is 6.92 Å². The Labute approximate surface area is 305 Å². The molecule has 13 nitrogen and oxygen atoms in total. The molecule has 0 fully saturated rings. The fraction of sp³-hybridized carbons (Fsp3) is 0.500. The van der Waals surface area contributed by atoms with Gasteiger partial charge in [-0.2, -0.15) is 18.9 Å². The van der Waals surface area contributed by atoms with Gasteiger partial charge in [-0.1, -0.05) is 37.3 Å². The smallest absolute Gasteiger partial charge is 0.264 e. The molecule has 0 saturated carbocycles. The summed E-state index contributed by atoms with van der Waals surface area (Å²) in [6.45, 7) is 12.9. The van der Waals surface area contributed by atoms with Gasteiger partial charge in [0.05, 0.1) is 69.9 Å². The second-order valence-corrected chi connectivity index (χ2v) is 14.1. The van der Waals surface area contributed by atoms with Crippen LogP contribution in [0.2, 0.25) is 0 Å². The molecule has 3 rings (SSSR count). The number of nitriles is 2. The Kier molecular flexibility index (Phi) is 18.7. The van der Waals surface area contributed by atoms with E-state index in [0.717, 1.165) is 17.8 Å². The molecule has 0 aliphatic heterocycles. The van der Waals surface area contributed by atoms with Gasteiger partial charge in [0.1, 0.15) is 17.0 Å². The molecule has 1 heterocycles. The molecular weight excluding hydrogens is 693 g/mol. The summed E-state index contributed by atoms with van der Waals surface area (Å²) in [5.41, 5.74) is 4.82. The van der Waals surface area contributed by atoms with Crippen LogP contribution < -0.4 is 4.90 Å². The maximum atomic E-state index is 10.9. The number of aryl methyl sites for hydroxylation is 1. The van der Waals surface area contributed by atoms with E-state index in [2.05, 4.69) is 50.4 Å². The van der Waals surface area contributed by atoms with E-state index in [-0.39, 0.29) is 5.75 Å². The average Bonchev–Trinajstić information content (AvgIpc) is 3.43. The first kappa shape index (κ1) is 41.6. The van der Waals surface area contributed by atoms with Crippen LogP contribution in [0.4, 0.5) is 16.4 Å². The van der Waals surface area contributed by atoms with Crippen LogP contribution >= 0.6 is 11.3 Å². The number of anilines is 1. The van der Waals surface area contributed by atoms with Crippen molar-refractivity contribution in [1.82, 2.24) is 4.90 Å². The summed E-state index contributed by atoms with van der Waals surface area (Å²) >= 11 is 1.17. The lowest BCUT2D eigenvalue weighted by Gasteiger charge is -2.25. The zero-order chi connectivity index (χ0) is 36.9. The van der Waals surface area contributed by atoms with Crippen molar-refractivity contribution in [3.05, 3.63) is 75.7 Å². The Hall–Kier alpha value is -3.77. The molecule has 51 heavy (non-hydrogen) atoms. The molecular formula is C36H48N6O7S2. The van der Waals surface area contributed by atoms with Crippen molar-refractivity contribution < 1.29 is 31.9 Å². The Morgan fingerprint density at radius 3 is 2.02 bits per heavy atom. The molecule has 0 aliphatic carbocycles. The Morgan fingerprint density at radius 1 is 0.824 bits per heavy atom. The second-order valence-electron chi connectivity index (χ2n) is 11.6. The van der Waals surface area contributed by atoms with E-state index in [4.69, 9.17) is 23.5 Å². The summed E-state index contributed by atoms with van der Waals surface area (Å²) in [4.78, 5) is 4.79. The molecule has 0 saturated heterocycles. The van der Waals surface area contributed by atoms with Gasteiger partial charge < -0.3 is 28.7 Å². The minimum Gasteiger partial charge on any atom is -0.378 e. The van der Waals surface area contributed by atoms with E-state index in [9.17, 15) is 18.9 Å². The molecule has 0 bridgehead atoms. The topological polar surface area (TPSA) is 170 Å². The van der Waals surface area contributed by atoms with Crippen LogP contribution in [0.25, 0.3) is 0 Å². The maximum absolute atomic E-state index is 10.9. The van der Waals surface area contributed by atoms with Crippen molar-refractivity contribution in [2.24, 2.45) is 10.2 Å². The fourth-order valence-corrected chi connectivity index (χ4v) is 6.36. The van der Waals surface area contributed by atoms with Crippen molar-refractivity contribution in [2.45, 2.75) is 33.7 Å². The van der Waals surface area contributed by atoms with E-state index in [1.807, 2.05) is 44.2 Å². The van der Waals surface area contributed by atoms with Gasteiger partial charge in [-0.3, -0.25) is 4.55 Å². The SMILES string of the molecule is CCN(CCCS(=O)(=O)O)CCOCCOCCOCCOCCN(Cc1ccccc1)c1ccc(/N=N/c2sc(C#N)c(C)c2C#N)c(C)c1. The molecule has 1 aromatic heterocycles. The molecule has 0 spiro atoms. The first-order valence-electron chi connectivity index (χ1n) is 16.9. The number of likely N-dealkylation sites (N-methyl/N-ethyl adjacent to an activating group) is 1. The lowest BCUT2D eigenvalue weighted by Crippen LogP contribution is -2.30. The number of benzene rings is 2. The normalized spacial score (nSPS) is 11.7. The third kappa shape index (κ3) is 15.6. The van der Waals surface area contributed by atoms with Crippen LogP contribution in [-0.4, -0.2) is 103 Å².